The van der Waals surface area contributed by atoms with Crippen LogP contribution in [0.4, 0.5) is 0 Å². The van der Waals surface area contributed by atoms with E-state index in [-0.39, 0.29) is 12.8 Å². The molecule has 0 fully saturated rings. The summed E-state index contributed by atoms with van der Waals surface area (Å²) in [6.45, 7) is 4.70. The van der Waals surface area contributed by atoms with Crippen LogP contribution in [0.15, 0.2) is 30.3 Å². The Labute approximate surface area is 119 Å². The summed E-state index contributed by atoms with van der Waals surface area (Å²) >= 11 is 0. The summed E-state index contributed by atoms with van der Waals surface area (Å²) in [5.41, 5.74) is 3.92. The van der Waals surface area contributed by atoms with Crippen molar-refractivity contribution in [2.75, 3.05) is 13.1 Å². The molecule has 0 saturated heterocycles. The van der Waals surface area contributed by atoms with E-state index in [1.54, 1.807) is 35.2 Å². The van der Waals surface area contributed by atoms with Gasteiger partial charge in [0.1, 0.15) is 0 Å². The fourth-order valence-corrected chi connectivity index (χ4v) is 2.17. The molecule has 0 aliphatic rings. The summed E-state index contributed by atoms with van der Waals surface area (Å²) in [6.07, 6.45) is -0.0555. The number of hydrogen-bond donors (Lipinski definition) is 2. The topological polar surface area (TPSA) is 83.6 Å². The number of rotatable bonds is 7. The number of carbonyl (C=O) groups is 2. The maximum atomic E-state index is 12.6. The summed E-state index contributed by atoms with van der Waals surface area (Å²) in [5, 5.41) is 10.8. The minimum absolute atomic E-state index is 0.0122. The van der Waals surface area contributed by atoms with Crippen molar-refractivity contribution in [3.63, 3.8) is 0 Å². The molecule has 0 aliphatic heterocycles. The predicted octanol–water partition coefficient (Wildman–Crippen LogP) is 1.01. The number of likely N-dealkylation sites (N-methyl/N-ethyl adjacent to an activating group) is 1. The molecule has 0 aliphatic carbocycles. The molecule has 0 saturated carbocycles. The molecular weight excluding hydrogens is 256 g/mol. The molecule has 1 rings (SSSR count). The third-order valence-electron chi connectivity index (χ3n) is 3.39. The Balaban J connectivity index is 3.13. The van der Waals surface area contributed by atoms with Gasteiger partial charge in [0.25, 0.3) is 5.91 Å². The number of nitrogens with two attached hydrogens (primary N) is 1. The first kappa shape index (κ1) is 16.2. The number of amides is 2. The Bertz CT molecular complexity index is 457. The van der Waals surface area contributed by atoms with Crippen molar-refractivity contribution in [3.8, 4) is 0 Å². The standard InChI is InChI=1S/C15H22N2O3/c1-3-17(4-2)14(19)15(20,11-10-13(16)18)12-8-6-5-7-9-12/h5-9,20H,3-4,10-11H2,1-2H3,(H2,16,18). The van der Waals surface area contributed by atoms with E-state index in [4.69, 9.17) is 5.73 Å². The molecular formula is C15H22N2O3. The van der Waals surface area contributed by atoms with Crippen molar-refractivity contribution >= 4 is 11.8 Å². The van der Waals surface area contributed by atoms with Crippen LogP contribution in [0, 0.1) is 0 Å². The Morgan fingerprint density at radius 2 is 1.75 bits per heavy atom. The molecule has 5 heteroatoms. The average Bonchev–Trinajstić information content (AvgIpc) is 2.46. The summed E-state index contributed by atoms with van der Waals surface area (Å²) in [5.74, 6) is -0.929. The zero-order valence-corrected chi connectivity index (χ0v) is 12.0. The maximum Gasteiger partial charge on any atom is 0.259 e. The van der Waals surface area contributed by atoms with Crippen LogP contribution in [0.1, 0.15) is 32.3 Å². The molecule has 2 amide bonds. The van der Waals surface area contributed by atoms with E-state index in [1.165, 1.54) is 0 Å². The minimum Gasteiger partial charge on any atom is -0.375 e. The van der Waals surface area contributed by atoms with E-state index in [0.29, 0.717) is 18.7 Å². The van der Waals surface area contributed by atoms with Gasteiger partial charge < -0.3 is 15.7 Å². The van der Waals surface area contributed by atoms with Crippen molar-refractivity contribution in [2.24, 2.45) is 5.73 Å². The first-order valence-electron chi connectivity index (χ1n) is 6.81. The fraction of sp³-hybridized carbons (Fsp3) is 0.467. The lowest BCUT2D eigenvalue weighted by atomic mass is 9.87. The number of primary amides is 1. The van der Waals surface area contributed by atoms with Gasteiger partial charge in [0.15, 0.2) is 5.60 Å². The molecule has 1 unspecified atom stereocenters. The second-order valence-corrected chi connectivity index (χ2v) is 4.67. The van der Waals surface area contributed by atoms with E-state index in [2.05, 4.69) is 0 Å². The molecule has 20 heavy (non-hydrogen) atoms. The highest BCUT2D eigenvalue weighted by Crippen LogP contribution is 2.29. The van der Waals surface area contributed by atoms with E-state index in [0.717, 1.165) is 0 Å². The Hall–Kier alpha value is -1.88. The van der Waals surface area contributed by atoms with Crippen molar-refractivity contribution < 1.29 is 14.7 Å². The second kappa shape index (κ2) is 7.05. The summed E-state index contributed by atoms with van der Waals surface area (Å²) in [7, 11) is 0. The van der Waals surface area contributed by atoms with Gasteiger partial charge in [-0.2, -0.15) is 0 Å². The zero-order valence-electron chi connectivity index (χ0n) is 12.0. The lowest BCUT2D eigenvalue weighted by Gasteiger charge is -2.32. The first-order valence-corrected chi connectivity index (χ1v) is 6.81. The van der Waals surface area contributed by atoms with Gasteiger partial charge in [-0.25, -0.2) is 0 Å². The van der Waals surface area contributed by atoms with E-state index in [9.17, 15) is 14.7 Å². The largest absolute Gasteiger partial charge is 0.375 e. The predicted molar refractivity (Wildman–Crippen MR) is 76.7 cm³/mol. The van der Waals surface area contributed by atoms with Crippen LogP contribution >= 0.6 is 0 Å². The van der Waals surface area contributed by atoms with Gasteiger partial charge >= 0.3 is 0 Å². The molecule has 1 aromatic carbocycles. The van der Waals surface area contributed by atoms with Crippen LogP contribution < -0.4 is 5.73 Å². The molecule has 0 bridgehead atoms. The van der Waals surface area contributed by atoms with Gasteiger partial charge in [-0.05, 0) is 25.8 Å². The van der Waals surface area contributed by atoms with Crippen LogP contribution in [0.25, 0.3) is 0 Å². The van der Waals surface area contributed by atoms with Crippen LogP contribution in [0.5, 0.6) is 0 Å². The number of aliphatic hydroxyl groups is 1. The van der Waals surface area contributed by atoms with E-state index >= 15 is 0 Å². The Morgan fingerprint density at radius 3 is 2.20 bits per heavy atom. The quantitative estimate of drug-likeness (QED) is 0.780. The summed E-state index contributed by atoms with van der Waals surface area (Å²) < 4.78 is 0. The van der Waals surface area contributed by atoms with Gasteiger partial charge in [0, 0.05) is 19.5 Å². The van der Waals surface area contributed by atoms with Crippen molar-refractivity contribution in [1.29, 1.82) is 0 Å². The third-order valence-corrected chi connectivity index (χ3v) is 3.39. The van der Waals surface area contributed by atoms with Crippen LogP contribution in [0.2, 0.25) is 0 Å². The summed E-state index contributed by atoms with van der Waals surface area (Å²) in [6, 6.07) is 8.67. The molecule has 3 N–H and O–H groups in total. The zero-order chi connectivity index (χ0) is 15.2. The molecule has 1 aromatic rings. The van der Waals surface area contributed by atoms with Crippen molar-refractivity contribution in [1.82, 2.24) is 4.90 Å². The van der Waals surface area contributed by atoms with Gasteiger partial charge in [0.2, 0.25) is 5.91 Å². The van der Waals surface area contributed by atoms with E-state index < -0.39 is 17.4 Å². The average molecular weight is 278 g/mol. The molecule has 1 atom stereocenters. The molecule has 0 aromatic heterocycles. The number of hydrogen-bond acceptors (Lipinski definition) is 3. The minimum atomic E-state index is -1.71. The molecule has 0 spiro atoms. The maximum absolute atomic E-state index is 12.6. The normalized spacial score (nSPS) is 13.6. The van der Waals surface area contributed by atoms with Gasteiger partial charge in [-0.1, -0.05) is 30.3 Å². The van der Waals surface area contributed by atoms with Crippen LogP contribution in [-0.4, -0.2) is 34.9 Å². The second-order valence-electron chi connectivity index (χ2n) is 4.67. The number of carbonyl (C=O) groups excluding carboxylic acids is 2. The molecule has 110 valence electrons. The highest BCUT2D eigenvalue weighted by Gasteiger charge is 2.40. The lowest BCUT2D eigenvalue weighted by Crippen LogP contribution is -2.47. The van der Waals surface area contributed by atoms with Crippen LogP contribution in [-0.2, 0) is 15.2 Å². The molecule has 5 nitrogen and oxygen atoms in total. The molecule has 0 heterocycles. The van der Waals surface area contributed by atoms with Crippen molar-refractivity contribution in [2.45, 2.75) is 32.3 Å². The Morgan fingerprint density at radius 1 is 1.20 bits per heavy atom. The van der Waals surface area contributed by atoms with Crippen molar-refractivity contribution in [3.05, 3.63) is 35.9 Å². The fourth-order valence-electron chi connectivity index (χ4n) is 2.17. The third kappa shape index (κ3) is 3.57. The SMILES string of the molecule is CCN(CC)C(=O)C(O)(CCC(N)=O)c1ccccc1. The number of nitrogens with zero attached hydrogens (tertiary/aromatic N) is 1. The summed E-state index contributed by atoms with van der Waals surface area (Å²) in [4.78, 5) is 25.1. The highest BCUT2D eigenvalue weighted by molar-refractivity contribution is 5.87. The first-order chi connectivity index (χ1) is 9.45. The van der Waals surface area contributed by atoms with E-state index in [1.807, 2.05) is 13.8 Å². The monoisotopic (exact) mass is 278 g/mol. The van der Waals surface area contributed by atoms with Crippen LogP contribution in [0.3, 0.4) is 0 Å². The molecule has 0 radical (unpaired) electrons. The van der Waals surface area contributed by atoms with Gasteiger partial charge in [-0.15, -0.1) is 0 Å². The Kier molecular flexibility index (Phi) is 5.70. The lowest BCUT2D eigenvalue weighted by molar-refractivity contribution is -0.153. The number of benzene rings is 1. The highest BCUT2D eigenvalue weighted by atomic mass is 16.3. The van der Waals surface area contributed by atoms with Gasteiger partial charge in [-0.3, -0.25) is 9.59 Å². The van der Waals surface area contributed by atoms with Gasteiger partial charge in [0.05, 0.1) is 0 Å². The smallest absolute Gasteiger partial charge is 0.259 e.